The van der Waals surface area contributed by atoms with Crippen LogP contribution in [0.4, 0.5) is 8.78 Å². The van der Waals surface area contributed by atoms with E-state index in [1.807, 2.05) is 0 Å². The summed E-state index contributed by atoms with van der Waals surface area (Å²) in [5.74, 6) is -1.38. The SMILES string of the molecule is O=C(O)CC1CSCCN1C(=O)C1CC1c1cc(F)ccc1F. The summed E-state index contributed by atoms with van der Waals surface area (Å²) in [5.41, 5.74) is 0.240. The molecule has 23 heavy (non-hydrogen) atoms. The second-order valence-corrected chi connectivity index (χ2v) is 7.12. The van der Waals surface area contributed by atoms with E-state index >= 15 is 0 Å². The third kappa shape index (κ3) is 3.49. The van der Waals surface area contributed by atoms with Crippen molar-refractivity contribution < 1.29 is 23.5 Å². The summed E-state index contributed by atoms with van der Waals surface area (Å²) in [6, 6.07) is 2.96. The van der Waals surface area contributed by atoms with Gasteiger partial charge in [-0.05, 0) is 36.1 Å². The minimum Gasteiger partial charge on any atom is -0.481 e. The van der Waals surface area contributed by atoms with E-state index in [4.69, 9.17) is 5.11 Å². The molecule has 1 heterocycles. The van der Waals surface area contributed by atoms with Crippen molar-refractivity contribution in [1.82, 2.24) is 4.90 Å². The van der Waals surface area contributed by atoms with Crippen molar-refractivity contribution in [2.75, 3.05) is 18.1 Å². The lowest BCUT2D eigenvalue weighted by atomic mass is 10.1. The molecule has 2 aliphatic rings. The fourth-order valence-electron chi connectivity index (χ4n) is 3.14. The zero-order valence-corrected chi connectivity index (χ0v) is 13.2. The van der Waals surface area contributed by atoms with Crippen LogP contribution < -0.4 is 0 Å². The van der Waals surface area contributed by atoms with Crippen molar-refractivity contribution in [3.8, 4) is 0 Å². The number of hydrogen-bond donors (Lipinski definition) is 1. The van der Waals surface area contributed by atoms with E-state index in [0.29, 0.717) is 18.7 Å². The second-order valence-electron chi connectivity index (χ2n) is 5.97. The Morgan fingerprint density at radius 2 is 2.13 bits per heavy atom. The van der Waals surface area contributed by atoms with Gasteiger partial charge in [0.2, 0.25) is 5.91 Å². The fraction of sp³-hybridized carbons (Fsp3) is 0.500. The predicted molar refractivity (Wildman–Crippen MR) is 82.3 cm³/mol. The average molecular weight is 341 g/mol. The minimum atomic E-state index is -0.932. The first-order valence-corrected chi connectivity index (χ1v) is 8.68. The lowest BCUT2D eigenvalue weighted by Crippen LogP contribution is -2.47. The van der Waals surface area contributed by atoms with Crippen LogP contribution in [0.25, 0.3) is 0 Å². The van der Waals surface area contributed by atoms with Crippen LogP contribution >= 0.6 is 11.8 Å². The normalized spacial score (nSPS) is 26.9. The topological polar surface area (TPSA) is 57.6 Å². The van der Waals surface area contributed by atoms with Gasteiger partial charge >= 0.3 is 5.97 Å². The molecular weight excluding hydrogens is 324 g/mol. The molecule has 0 radical (unpaired) electrons. The maximum Gasteiger partial charge on any atom is 0.305 e. The molecule has 124 valence electrons. The van der Waals surface area contributed by atoms with Gasteiger partial charge in [0.25, 0.3) is 0 Å². The van der Waals surface area contributed by atoms with E-state index in [1.165, 1.54) is 0 Å². The van der Waals surface area contributed by atoms with Crippen LogP contribution in [0, 0.1) is 17.6 Å². The summed E-state index contributed by atoms with van der Waals surface area (Å²) >= 11 is 1.63. The zero-order chi connectivity index (χ0) is 16.6. The zero-order valence-electron chi connectivity index (χ0n) is 12.4. The van der Waals surface area contributed by atoms with Gasteiger partial charge in [0.15, 0.2) is 0 Å². The van der Waals surface area contributed by atoms with Crippen LogP contribution in [0.1, 0.15) is 24.3 Å². The van der Waals surface area contributed by atoms with E-state index in [0.717, 1.165) is 24.0 Å². The number of thioether (sulfide) groups is 1. The number of carbonyl (C=O) groups is 2. The van der Waals surface area contributed by atoms with Gasteiger partial charge in [-0.1, -0.05) is 0 Å². The lowest BCUT2D eigenvalue weighted by molar-refractivity contribution is -0.140. The summed E-state index contributed by atoms with van der Waals surface area (Å²) in [7, 11) is 0. The Kier molecular flexibility index (Phi) is 4.57. The molecule has 3 atom stereocenters. The Balaban J connectivity index is 1.71. The van der Waals surface area contributed by atoms with Crippen molar-refractivity contribution in [2.24, 2.45) is 5.92 Å². The Hall–Kier alpha value is -1.63. The molecule has 1 saturated carbocycles. The van der Waals surface area contributed by atoms with Crippen molar-refractivity contribution >= 4 is 23.6 Å². The number of nitrogens with zero attached hydrogens (tertiary/aromatic N) is 1. The highest BCUT2D eigenvalue weighted by Gasteiger charge is 2.48. The first-order chi connectivity index (χ1) is 11.0. The molecule has 1 amide bonds. The maximum absolute atomic E-state index is 13.8. The van der Waals surface area contributed by atoms with Crippen molar-refractivity contribution in [1.29, 1.82) is 0 Å². The molecule has 7 heteroatoms. The minimum absolute atomic E-state index is 0.0789. The molecule has 0 bridgehead atoms. The summed E-state index contributed by atoms with van der Waals surface area (Å²) in [4.78, 5) is 25.2. The largest absolute Gasteiger partial charge is 0.481 e. The molecule has 1 saturated heterocycles. The van der Waals surface area contributed by atoms with Crippen molar-refractivity contribution in [3.05, 3.63) is 35.4 Å². The van der Waals surface area contributed by atoms with Crippen LogP contribution in [-0.2, 0) is 9.59 Å². The molecule has 1 aliphatic heterocycles. The van der Waals surface area contributed by atoms with Gasteiger partial charge in [-0.2, -0.15) is 11.8 Å². The van der Waals surface area contributed by atoms with Gasteiger partial charge in [-0.3, -0.25) is 9.59 Å². The van der Waals surface area contributed by atoms with Gasteiger partial charge in [0.1, 0.15) is 11.6 Å². The fourth-order valence-corrected chi connectivity index (χ4v) is 4.20. The number of carbonyl (C=O) groups excluding carboxylic acids is 1. The molecule has 0 aromatic heterocycles. The van der Waals surface area contributed by atoms with Gasteiger partial charge < -0.3 is 10.0 Å². The third-order valence-electron chi connectivity index (χ3n) is 4.39. The van der Waals surface area contributed by atoms with E-state index in [9.17, 15) is 18.4 Å². The van der Waals surface area contributed by atoms with Crippen molar-refractivity contribution in [2.45, 2.75) is 24.8 Å². The highest BCUT2D eigenvalue weighted by atomic mass is 32.2. The van der Waals surface area contributed by atoms with Crippen LogP contribution in [-0.4, -0.2) is 46.0 Å². The number of carboxylic acids is 1. The number of amides is 1. The number of rotatable bonds is 4. The Morgan fingerprint density at radius 3 is 2.87 bits per heavy atom. The van der Waals surface area contributed by atoms with Crippen LogP contribution in [0.15, 0.2) is 18.2 Å². The molecule has 2 fully saturated rings. The van der Waals surface area contributed by atoms with E-state index in [1.54, 1.807) is 16.7 Å². The highest BCUT2D eigenvalue weighted by molar-refractivity contribution is 7.99. The first kappa shape index (κ1) is 16.2. The summed E-state index contributed by atoms with van der Waals surface area (Å²) in [5, 5.41) is 8.98. The molecule has 1 aromatic rings. The monoisotopic (exact) mass is 341 g/mol. The molecule has 1 aliphatic carbocycles. The number of hydrogen-bond acceptors (Lipinski definition) is 3. The average Bonchev–Trinajstić information content (AvgIpc) is 3.29. The van der Waals surface area contributed by atoms with Crippen LogP contribution in [0.3, 0.4) is 0 Å². The number of carboxylic acid groups (broad SMARTS) is 1. The maximum atomic E-state index is 13.8. The number of benzene rings is 1. The Labute approximate surface area is 136 Å². The number of aliphatic carboxylic acids is 1. The van der Waals surface area contributed by atoms with Gasteiger partial charge in [0.05, 0.1) is 12.5 Å². The molecule has 1 aromatic carbocycles. The van der Waals surface area contributed by atoms with Gasteiger partial charge in [-0.15, -0.1) is 0 Å². The molecule has 3 rings (SSSR count). The lowest BCUT2D eigenvalue weighted by Gasteiger charge is -2.35. The van der Waals surface area contributed by atoms with E-state index in [-0.39, 0.29) is 35.8 Å². The summed E-state index contributed by atoms with van der Waals surface area (Å²) in [6.45, 7) is 0.510. The summed E-state index contributed by atoms with van der Waals surface area (Å²) < 4.78 is 27.1. The summed E-state index contributed by atoms with van der Waals surface area (Å²) in [6.07, 6.45) is 0.410. The molecule has 4 nitrogen and oxygen atoms in total. The second kappa shape index (κ2) is 6.47. The van der Waals surface area contributed by atoms with E-state index < -0.39 is 17.6 Å². The van der Waals surface area contributed by atoms with Crippen LogP contribution in [0.5, 0.6) is 0 Å². The molecule has 0 spiro atoms. The smallest absolute Gasteiger partial charge is 0.305 e. The molecular formula is C16H17F2NO3S. The van der Waals surface area contributed by atoms with Gasteiger partial charge in [-0.25, -0.2) is 8.78 Å². The third-order valence-corrected chi connectivity index (χ3v) is 5.48. The number of halogens is 2. The quantitative estimate of drug-likeness (QED) is 0.914. The molecule has 3 unspecified atom stereocenters. The van der Waals surface area contributed by atoms with Crippen LogP contribution in [0.2, 0.25) is 0 Å². The van der Waals surface area contributed by atoms with Gasteiger partial charge in [0, 0.05) is 24.0 Å². The highest BCUT2D eigenvalue weighted by Crippen LogP contribution is 2.49. The Morgan fingerprint density at radius 1 is 1.35 bits per heavy atom. The Bertz CT molecular complexity index is 640. The first-order valence-electron chi connectivity index (χ1n) is 7.52. The standard InChI is InChI=1S/C16H17F2NO3S/c17-9-1-2-14(18)12(5-9)11-7-13(11)16(22)19-3-4-23-8-10(19)6-15(20)21/h1-2,5,10-11,13H,3-4,6-8H2,(H,20,21). The van der Waals surface area contributed by atoms with E-state index in [2.05, 4.69) is 0 Å². The molecule has 1 N–H and O–H groups in total. The van der Waals surface area contributed by atoms with Crippen molar-refractivity contribution in [3.63, 3.8) is 0 Å². The predicted octanol–water partition coefficient (Wildman–Crippen LogP) is 2.49.